The molecule has 9 nitrogen and oxygen atoms in total. The van der Waals surface area contributed by atoms with E-state index in [1.165, 1.54) is 12.1 Å². The molecule has 0 spiro atoms. The molecular formula is C18H25ClN4O5. The van der Waals surface area contributed by atoms with Crippen molar-refractivity contribution in [1.82, 2.24) is 9.88 Å². The molecule has 4 atom stereocenters. The molecule has 0 aromatic carbocycles. The van der Waals surface area contributed by atoms with Crippen LogP contribution >= 0.6 is 11.6 Å². The summed E-state index contributed by atoms with van der Waals surface area (Å²) in [6.07, 6.45) is 2.66. The molecule has 2 aliphatic heterocycles. The van der Waals surface area contributed by atoms with Gasteiger partial charge in [-0.05, 0) is 33.6 Å². The Bertz CT molecular complexity index is 753. The van der Waals surface area contributed by atoms with Gasteiger partial charge in [0, 0.05) is 37.1 Å². The van der Waals surface area contributed by atoms with Crippen LogP contribution in [0.1, 0.15) is 57.6 Å². The van der Waals surface area contributed by atoms with E-state index in [1.807, 2.05) is 25.7 Å². The highest BCUT2D eigenvalue weighted by Gasteiger charge is 2.45. The van der Waals surface area contributed by atoms with Crippen molar-refractivity contribution < 1.29 is 19.2 Å². The van der Waals surface area contributed by atoms with Crippen LogP contribution in [0.25, 0.3) is 0 Å². The summed E-state index contributed by atoms with van der Waals surface area (Å²) < 4.78 is 11.5. The van der Waals surface area contributed by atoms with Crippen molar-refractivity contribution in [3.8, 4) is 5.88 Å². The maximum Gasteiger partial charge on any atom is 0.410 e. The van der Waals surface area contributed by atoms with Gasteiger partial charge in [0.05, 0.1) is 4.92 Å². The molecule has 1 aromatic heterocycles. The fraction of sp³-hybridized carbons (Fsp3) is 0.667. The summed E-state index contributed by atoms with van der Waals surface area (Å²) in [6.45, 7) is 5.55. The summed E-state index contributed by atoms with van der Waals surface area (Å²) in [6, 6.07) is 2.84. The van der Waals surface area contributed by atoms with Crippen LogP contribution in [0.15, 0.2) is 12.1 Å². The number of hydrogen-bond acceptors (Lipinski definition) is 7. The van der Waals surface area contributed by atoms with Gasteiger partial charge in [0.15, 0.2) is 5.69 Å². The van der Waals surface area contributed by atoms with E-state index in [0.29, 0.717) is 12.8 Å². The number of ether oxygens (including phenoxy) is 2. The number of pyridine rings is 1. The lowest BCUT2D eigenvalue weighted by Crippen LogP contribution is -2.50. The van der Waals surface area contributed by atoms with Crippen LogP contribution in [0.3, 0.4) is 0 Å². The number of fused-ring (bicyclic) bond motifs is 2. The predicted molar refractivity (Wildman–Crippen MR) is 102 cm³/mol. The third-order valence-corrected chi connectivity index (χ3v) is 5.12. The summed E-state index contributed by atoms with van der Waals surface area (Å²) in [5.74, 6) is 0.242. The predicted octanol–water partition coefficient (Wildman–Crippen LogP) is 3.50. The second-order valence-corrected chi connectivity index (χ2v) is 8.67. The Hall–Kier alpha value is -2.13. The number of piperidine rings is 1. The number of carbonyl (C=O) groups is 1. The van der Waals surface area contributed by atoms with Crippen LogP contribution in [0.2, 0.25) is 0 Å². The number of hydrogen-bond donors (Lipinski definition) is 1. The maximum atomic E-state index is 12.5. The lowest BCUT2D eigenvalue weighted by molar-refractivity contribution is -0.386. The highest BCUT2D eigenvalue weighted by atomic mass is 35.5. The van der Waals surface area contributed by atoms with Gasteiger partial charge in [-0.15, -0.1) is 0 Å². The van der Waals surface area contributed by atoms with Gasteiger partial charge in [-0.1, -0.05) is 11.6 Å². The SMILES string of the molecule is CC(C)(C)OC(=O)N1[C@@H]2CC[C@H]1CC(Oc1ccc([N+](=O)[O-])c(C(N)Cl)n1)C2. The maximum absolute atomic E-state index is 12.5. The molecule has 0 aliphatic carbocycles. The molecule has 2 saturated heterocycles. The van der Waals surface area contributed by atoms with E-state index in [2.05, 4.69) is 4.98 Å². The standard InChI is InChI=1S/C18H25ClN4O5/c1-18(2,3)28-17(24)22-10-4-5-11(22)9-12(8-10)27-14-7-6-13(23(25)26)15(21-14)16(19)20/h6-7,10-12,16H,4-5,8-9,20H2,1-3H3/t10-,11+,12?,16?. The van der Waals surface area contributed by atoms with E-state index >= 15 is 0 Å². The molecule has 2 fully saturated rings. The Kier molecular flexibility index (Phi) is 5.67. The van der Waals surface area contributed by atoms with E-state index in [4.69, 9.17) is 26.8 Å². The first-order valence-corrected chi connectivity index (χ1v) is 9.72. The first-order valence-electron chi connectivity index (χ1n) is 9.28. The minimum Gasteiger partial charge on any atom is -0.474 e. The number of nitrogens with zero attached hydrogens (tertiary/aromatic N) is 3. The van der Waals surface area contributed by atoms with E-state index in [1.54, 1.807) is 0 Å². The molecular weight excluding hydrogens is 388 g/mol. The lowest BCUT2D eigenvalue weighted by atomic mass is 10.0. The second kappa shape index (κ2) is 7.71. The van der Waals surface area contributed by atoms with Gasteiger partial charge in [0.25, 0.3) is 5.69 Å². The van der Waals surface area contributed by atoms with Gasteiger partial charge in [0.2, 0.25) is 5.88 Å². The smallest absolute Gasteiger partial charge is 0.410 e. The van der Waals surface area contributed by atoms with E-state index in [9.17, 15) is 14.9 Å². The number of amides is 1. The summed E-state index contributed by atoms with van der Waals surface area (Å²) in [4.78, 5) is 29.0. The number of alkyl halides is 1. The molecule has 1 aromatic rings. The Morgan fingerprint density at radius 2 is 1.96 bits per heavy atom. The normalized spacial score (nSPS) is 25.3. The minimum absolute atomic E-state index is 0.0293. The summed E-state index contributed by atoms with van der Waals surface area (Å²) in [7, 11) is 0. The third-order valence-electron chi connectivity index (χ3n) is 4.92. The molecule has 2 N–H and O–H groups in total. The molecule has 3 heterocycles. The highest BCUT2D eigenvalue weighted by Crippen LogP contribution is 2.38. The molecule has 2 unspecified atom stereocenters. The second-order valence-electron chi connectivity index (χ2n) is 8.20. The average Bonchev–Trinajstić information content (AvgIpc) is 2.84. The summed E-state index contributed by atoms with van der Waals surface area (Å²) in [5, 5.41) is 11.1. The molecule has 0 radical (unpaired) electrons. The fourth-order valence-corrected chi connectivity index (χ4v) is 4.04. The zero-order chi connectivity index (χ0) is 20.6. The zero-order valence-electron chi connectivity index (χ0n) is 16.1. The van der Waals surface area contributed by atoms with Crippen molar-refractivity contribution in [3.05, 3.63) is 27.9 Å². The average molecular weight is 413 g/mol. The van der Waals surface area contributed by atoms with E-state index in [0.717, 1.165) is 12.8 Å². The molecule has 154 valence electrons. The van der Waals surface area contributed by atoms with Gasteiger partial charge < -0.3 is 20.1 Å². The van der Waals surface area contributed by atoms with Gasteiger partial charge in [-0.3, -0.25) is 10.1 Å². The summed E-state index contributed by atoms with van der Waals surface area (Å²) >= 11 is 5.83. The molecule has 10 heteroatoms. The van der Waals surface area contributed by atoms with Crippen molar-refractivity contribution in [1.29, 1.82) is 0 Å². The Balaban J connectivity index is 1.69. The Labute approximate surface area is 168 Å². The first-order chi connectivity index (χ1) is 13.0. The van der Waals surface area contributed by atoms with E-state index in [-0.39, 0.29) is 41.5 Å². The van der Waals surface area contributed by atoms with Crippen LogP contribution in [-0.4, -0.2) is 44.7 Å². The Morgan fingerprint density at radius 1 is 1.36 bits per heavy atom. The topological polar surface area (TPSA) is 121 Å². The number of aromatic nitrogens is 1. The van der Waals surface area contributed by atoms with Gasteiger partial charge in [-0.25, -0.2) is 9.78 Å². The molecule has 3 rings (SSSR count). The first kappa shape index (κ1) is 20.6. The Morgan fingerprint density at radius 3 is 2.46 bits per heavy atom. The zero-order valence-corrected chi connectivity index (χ0v) is 16.9. The summed E-state index contributed by atoms with van der Waals surface area (Å²) in [5.41, 5.74) is 3.68. The molecule has 28 heavy (non-hydrogen) atoms. The third kappa shape index (κ3) is 4.47. The van der Waals surface area contributed by atoms with Gasteiger partial charge >= 0.3 is 6.09 Å². The number of halogens is 1. The monoisotopic (exact) mass is 412 g/mol. The van der Waals surface area contributed by atoms with Crippen molar-refractivity contribution in [2.45, 2.75) is 75.7 Å². The number of nitrogens with two attached hydrogens (primary N) is 1. The van der Waals surface area contributed by atoms with Crippen LogP contribution < -0.4 is 10.5 Å². The van der Waals surface area contributed by atoms with Crippen LogP contribution in [0.4, 0.5) is 10.5 Å². The number of carbonyl (C=O) groups excluding carboxylic acids is 1. The fourth-order valence-electron chi connectivity index (χ4n) is 3.88. The quantitative estimate of drug-likeness (QED) is 0.347. The van der Waals surface area contributed by atoms with Crippen LogP contribution in [0, 0.1) is 10.1 Å². The molecule has 2 bridgehead atoms. The van der Waals surface area contributed by atoms with Gasteiger partial charge in [-0.2, -0.15) is 0 Å². The minimum atomic E-state index is -1.10. The van der Waals surface area contributed by atoms with Gasteiger partial charge in [0.1, 0.15) is 17.2 Å². The van der Waals surface area contributed by atoms with Crippen LogP contribution in [-0.2, 0) is 4.74 Å². The van der Waals surface area contributed by atoms with Crippen molar-refractivity contribution in [3.63, 3.8) is 0 Å². The molecule has 1 amide bonds. The molecule has 2 aliphatic rings. The number of nitro groups is 1. The van der Waals surface area contributed by atoms with Crippen LogP contribution in [0.5, 0.6) is 5.88 Å². The highest BCUT2D eigenvalue weighted by molar-refractivity contribution is 6.20. The van der Waals surface area contributed by atoms with E-state index < -0.39 is 16.0 Å². The van der Waals surface area contributed by atoms with Crippen molar-refractivity contribution in [2.75, 3.05) is 0 Å². The number of rotatable bonds is 4. The van der Waals surface area contributed by atoms with Crippen molar-refractivity contribution in [2.24, 2.45) is 5.73 Å². The largest absolute Gasteiger partial charge is 0.474 e. The lowest BCUT2D eigenvalue weighted by Gasteiger charge is -2.39. The molecule has 0 saturated carbocycles. The van der Waals surface area contributed by atoms with Crippen molar-refractivity contribution >= 4 is 23.4 Å².